The molecule has 0 bridgehead atoms. The smallest absolute Gasteiger partial charge is 0.330 e. The number of likely N-dealkylation sites (tertiary alicyclic amines) is 1. The molecule has 3 heterocycles. The van der Waals surface area contributed by atoms with Gasteiger partial charge in [-0.2, -0.15) is 4.98 Å². The monoisotopic (exact) mass is 319 g/mol. The van der Waals surface area contributed by atoms with Gasteiger partial charge in [0.15, 0.2) is 5.82 Å². The molecule has 0 unspecified atom stereocenters. The molecule has 1 fully saturated rings. The highest BCUT2D eigenvalue weighted by Gasteiger charge is 2.30. The van der Waals surface area contributed by atoms with Crippen LogP contribution in [-0.2, 0) is 27.1 Å². The van der Waals surface area contributed by atoms with Crippen LogP contribution in [0.2, 0.25) is 0 Å². The van der Waals surface area contributed by atoms with E-state index in [-0.39, 0.29) is 17.3 Å². The van der Waals surface area contributed by atoms with Crippen LogP contribution in [0.25, 0.3) is 0 Å². The first-order chi connectivity index (χ1) is 11.0. The van der Waals surface area contributed by atoms with Gasteiger partial charge in [-0.15, -0.1) is 0 Å². The van der Waals surface area contributed by atoms with E-state index in [0.29, 0.717) is 30.4 Å². The van der Waals surface area contributed by atoms with Crippen molar-refractivity contribution in [1.82, 2.24) is 24.2 Å². The Morgan fingerprint density at radius 1 is 1.30 bits per heavy atom. The predicted octanol–water partition coefficient (Wildman–Crippen LogP) is 0.367. The topological polar surface area (TPSA) is 86.2 Å². The Bertz CT molecular complexity index is 819. The van der Waals surface area contributed by atoms with Gasteiger partial charge in [-0.1, -0.05) is 12.1 Å². The highest BCUT2D eigenvalue weighted by molar-refractivity contribution is 5.05. The van der Waals surface area contributed by atoms with Gasteiger partial charge < -0.3 is 4.52 Å². The molecule has 0 radical (unpaired) electrons. The van der Waals surface area contributed by atoms with Gasteiger partial charge in [-0.3, -0.25) is 18.8 Å². The third-order valence-electron chi connectivity index (χ3n) is 4.44. The van der Waals surface area contributed by atoms with Crippen LogP contribution in [0.3, 0.4) is 0 Å². The molecule has 2 aromatic rings. The molecule has 0 saturated carbocycles. The average Bonchev–Trinajstić information content (AvgIpc) is 3.18. The maximum absolute atomic E-state index is 12.0. The van der Waals surface area contributed by atoms with Crippen LogP contribution >= 0.6 is 0 Å². The van der Waals surface area contributed by atoms with E-state index in [1.165, 1.54) is 17.7 Å². The Hall–Kier alpha value is -2.22. The first-order valence-electron chi connectivity index (χ1n) is 7.83. The number of hydrogen-bond acceptors (Lipinski definition) is 6. The van der Waals surface area contributed by atoms with Crippen molar-refractivity contribution in [1.29, 1.82) is 0 Å². The Balaban J connectivity index is 1.87. The molecule has 0 aliphatic carbocycles. The summed E-state index contributed by atoms with van der Waals surface area (Å²) < 4.78 is 7.83. The third kappa shape index (κ3) is 2.86. The van der Waals surface area contributed by atoms with E-state index < -0.39 is 0 Å². The van der Waals surface area contributed by atoms with Crippen molar-refractivity contribution in [3.05, 3.63) is 44.3 Å². The van der Waals surface area contributed by atoms with Crippen LogP contribution in [0, 0.1) is 0 Å². The Morgan fingerprint density at radius 2 is 2.09 bits per heavy atom. The zero-order valence-electron chi connectivity index (χ0n) is 13.7. The lowest BCUT2D eigenvalue weighted by Crippen LogP contribution is -2.39. The van der Waals surface area contributed by atoms with Crippen molar-refractivity contribution in [3.63, 3.8) is 0 Å². The summed E-state index contributed by atoms with van der Waals surface area (Å²) >= 11 is 0. The van der Waals surface area contributed by atoms with Gasteiger partial charge in [0.2, 0.25) is 5.89 Å². The number of aryl methyl sites for hydroxylation is 1. The molecular weight excluding hydrogens is 298 g/mol. The minimum absolute atomic E-state index is 0.0678. The van der Waals surface area contributed by atoms with Crippen molar-refractivity contribution < 1.29 is 4.52 Å². The zero-order chi connectivity index (χ0) is 16.6. The van der Waals surface area contributed by atoms with Gasteiger partial charge in [-0.05, 0) is 19.4 Å². The van der Waals surface area contributed by atoms with E-state index in [1.54, 1.807) is 7.05 Å². The quantitative estimate of drug-likeness (QED) is 0.809. The minimum atomic E-state index is -0.309. The molecular formula is C15H21N5O3. The Kier molecular flexibility index (Phi) is 4.16. The largest absolute Gasteiger partial charge is 0.339 e. The van der Waals surface area contributed by atoms with Gasteiger partial charge >= 0.3 is 5.69 Å². The van der Waals surface area contributed by atoms with E-state index in [4.69, 9.17) is 4.52 Å². The van der Waals surface area contributed by atoms with Gasteiger partial charge in [0.25, 0.3) is 5.56 Å². The number of nitrogens with zero attached hydrogens (tertiary/aromatic N) is 5. The van der Waals surface area contributed by atoms with E-state index in [1.807, 2.05) is 6.92 Å². The maximum atomic E-state index is 12.0. The highest BCUT2D eigenvalue weighted by atomic mass is 16.5. The summed E-state index contributed by atoms with van der Waals surface area (Å²) in [6.45, 7) is 3.37. The molecule has 1 aliphatic heterocycles. The second-order valence-electron chi connectivity index (χ2n) is 5.90. The van der Waals surface area contributed by atoms with Gasteiger partial charge in [0.1, 0.15) is 0 Å². The molecule has 0 N–H and O–H groups in total. The molecule has 0 amide bonds. The van der Waals surface area contributed by atoms with E-state index in [2.05, 4.69) is 15.0 Å². The molecule has 8 nitrogen and oxygen atoms in total. The first-order valence-corrected chi connectivity index (χ1v) is 7.83. The lowest BCUT2D eigenvalue weighted by molar-refractivity contribution is 0.227. The molecule has 3 rings (SSSR count). The van der Waals surface area contributed by atoms with Crippen LogP contribution in [0.5, 0.6) is 0 Å². The summed E-state index contributed by atoms with van der Waals surface area (Å²) in [6, 6.07) is 1.59. The molecule has 8 heteroatoms. The van der Waals surface area contributed by atoms with Crippen molar-refractivity contribution >= 4 is 0 Å². The molecule has 2 aromatic heterocycles. The summed E-state index contributed by atoms with van der Waals surface area (Å²) in [6.07, 6.45) is 2.68. The summed E-state index contributed by atoms with van der Waals surface area (Å²) in [5.74, 6) is 1.32. The van der Waals surface area contributed by atoms with Crippen LogP contribution in [0.15, 0.2) is 20.2 Å². The molecule has 0 aromatic carbocycles. The average molecular weight is 319 g/mol. The molecule has 1 atom stereocenters. The summed E-state index contributed by atoms with van der Waals surface area (Å²) in [5, 5.41) is 4.07. The van der Waals surface area contributed by atoms with Gasteiger partial charge in [0, 0.05) is 38.8 Å². The van der Waals surface area contributed by atoms with Gasteiger partial charge in [-0.25, -0.2) is 4.79 Å². The molecule has 23 heavy (non-hydrogen) atoms. The van der Waals surface area contributed by atoms with Crippen molar-refractivity contribution in [2.75, 3.05) is 6.54 Å². The molecule has 1 saturated heterocycles. The predicted molar refractivity (Wildman–Crippen MR) is 83.0 cm³/mol. The molecule has 0 spiro atoms. The van der Waals surface area contributed by atoms with Crippen LogP contribution in [-0.4, -0.2) is 30.7 Å². The van der Waals surface area contributed by atoms with Crippen molar-refractivity contribution in [2.24, 2.45) is 14.1 Å². The van der Waals surface area contributed by atoms with E-state index >= 15 is 0 Å². The van der Waals surface area contributed by atoms with Crippen molar-refractivity contribution in [3.8, 4) is 0 Å². The first kappa shape index (κ1) is 15.7. The number of rotatable bonds is 4. The summed E-state index contributed by atoms with van der Waals surface area (Å²) in [5.41, 5.74) is 0.104. The normalized spacial score (nSPS) is 18.7. The maximum Gasteiger partial charge on any atom is 0.330 e. The fourth-order valence-electron chi connectivity index (χ4n) is 2.99. The lowest BCUT2D eigenvalue weighted by Gasteiger charge is -2.22. The fraction of sp³-hybridized carbons (Fsp3) is 0.600. The highest BCUT2D eigenvalue weighted by Crippen LogP contribution is 2.31. The minimum Gasteiger partial charge on any atom is -0.339 e. The second kappa shape index (κ2) is 6.11. The standard InChI is InChI=1S/C15H21N5O3/c1-4-12-16-14(17-23-12)11-6-5-7-20(11)9-10-8-13(21)19(3)15(22)18(10)2/h8,11H,4-7,9H2,1-3H3/t11-/m1/s1. The third-order valence-corrected chi connectivity index (χ3v) is 4.44. The molecule has 1 aliphatic rings. The van der Waals surface area contributed by atoms with Crippen LogP contribution in [0.4, 0.5) is 0 Å². The van der Waals surface area contributed by atoms with Crippen LogP contribution < -0.4 is 11.2 Å². The Labute approximate surface area is 133 Å². The SMILES string of the molecule is CCc1nc([C@H]2CCCN2Cc2cc(=O)n(C)c(=O)n2C)no1. The van der Waals surface area contributed by atoms with Gasteiger partial charge in [0.05, 0.1) is 6.04 Å². The zero-order valence-corrected chi connectivity index (χ0v) is 13.7. The summed E-state index contributed by atoms with van der Waals surface area (Å²) in [4.78, 5) is 30.5. The van der Waals surface area contributed by atoms with E-state index in [0.717, 1.165) is 24.0 Å². The number of hydrogen-bond donors (Lipinski definition) is 0. The lowest BCUT2D eigenvalue weighted by atomic mass is 10.2. The molecule has 124 valence electrons. The van der Waals surface area contributed by atoms with E-state index in [9.17, 15) is 9.59 Å². The van der Waals surface area contributed by atoms with Crippen LogP contribution in [0.1, 0.15) is 43.2 Å². The Morgan fingerprint density at radius 3 is 2.78 bits per heavy atom. The summed E-state index contributed by atoms with van der Waals surface area (Å²) in [7, 11) is 3.17. The van der Waals surface area contributed by atoms with Crippen molar-refractivity contribution in [2.45, 2.75) is 38.8 Å². The fourth-order valence-corrected chi connectivity index (χ4v) is 2.99. The number of aromatic nitrogens is 4. The second-order valence-corrected chi connectivity index (χ2v) is 5.90.